The van der Waals surface area contributed by atoms with Crippen molar-refractivity contribution in [3.63, 3.8) is 0 Å². The van der Waals surface area contributed by atoms with Crippen molar-refractivity contribution in [3.05, 3.63) is 45.7 Å². The van der Waals surface area contributed by atoms with Crippen LogP contribution in [0.5, 0.6) is 5.75 Å². The first kappa shape index (κ1) is 23.2. The zero-order valence-electron chi connectivity index (χ0n) is 17.1. The van der Waals surface area contributed by atoms with E-state index >= 15 is 0 Å². The molecule has 0 saturated carbocycles. The summed E-state index contributed by atoms with van der Waals surface area (Å²) >= 11 is 5.93. The minimum atomic E-state index is -0.783. The van der Waals surface area contributed by atoms with Crippen molar-refractivity contribution in [2.45, 2.75) is 33.6 Å². The number of benzene rings is 1. The van der Waals surface area contributed by atoms with Gasteiger partial charge in [-0.25, -0.2) is 4.79 Å². The highest BCUT2D eigenvalue weighted by Gasteiger charge is 2.28. The Bertz CT molecular complexity index is 993. The maximum atomic E-state index is 12.5. The van der Waals surface area contributed by atoms with Crippen LogP contribution in [0.25, 0.3) is 0 Å². The molecular weight excluding hydrogens is 414 g/mol. The number of hydrogen-bond donors (Lipinski definition) is 1. The van der Waals surface area contributed by atoms with Crippen molar-refractivity contribution >= 4 is 40.9 Å². The van der Waals surface area contributed by atoms with Gasteiger partial charge >= 0.3 is 5.97 Å². The molecule has 0 fully saturated rings. The van der Waals surface area contributed by atoms with Gasteiger partial charge < -0.3 is 13.9 Å². The highest BCUT2D eigenvalue weighted by Crippen LogP contribution is 2.29. The van der Waals surface area contributed by atoms with Crippen LogP contribution in [-0.2, 0) is 9.53 Å². The van der Waals surface area contributed by atoms with Gasteiger partial charge in [-0.3, -0.25) is 19.7 Å². The lowest BCUT2D eigenvalue weighted by Crippen LogP contribution is -2.17. The molecule has 1 N–H and O–H groups in total. The highest BCUT2D eigenvalue weighted by atomic mass is 35.5. The molecule has 1 aromatic carbocycles. The molecule has 0 radical (unpaired) electrons. The Kier molecular flexibility index (Phi) is 7.77. The molecule has 2 aromatic rings. The van der Waals surface area contributed by atoms with Gasteiger partial charge in [0.15, 0.2) is 11.6 Å². The van der Waals surface area contributed by atoms with Gasteiger partial charge in [0.05, 0.1) is 24.8 Å². The molecule has 0 aliphatic heterocycles. The summed E-state index contributed by atoms with van der Waals surface area (Å²) in [5, 5.41) is 2.81. The van der Waals surface area contributed by atoms with Crippen LogP contribution < -0.4 is 10.1 Å². The molecule has 8 nitrogen and oxygen atoms in total. The topological polar surface area (TPSA) is 112 Å². The van der Waals surface area contributed by atoms with Crippen LogP contribution >= 0.6 is 11.6 Å². The number of furan rings is 1. The maximum Gasteiger partial charge on any atom is 0.344 e. The van der Waals surface area contributed by atoms with Crippen LogP contribution in [0.3, 0.4) is 0 Å². The molecule has 1 aromatic heterocycles. The number of ether oxygens (including phenoxy) is 2. The summed E-state index contributed by atoms with van der Waals surface area (Å²) in [6.45, 7) is 4.49. The molecule has 9 heteroatoms. The first-order chi connectivity index (χ1) is 14.2. The first-order valence-electron chi connectivity index (χ1n) is 9.17. The normalized spacial score (nSPS) is 10.4. The van der Waals surface area contributed by atoms with E-state index in [4.69, 9.17) is 25.5 Å². The van der Waals surface area contributed by atoms with Gasteiger partial charge in [-0.1, -0.05) is 11.6 Å². The SMILES string of the molecule is CCOC(=O)c1c(NC(=O)CCC(=O)c2cc(Cl)ccc2OC)oc(C)c1C(C)=O. The third kappa shape index (κ3) is 5.27. The van der Waals surface area contributed by atoms with E-state index < -0.39 is 17.7 Å². The molecule has 0 atom stereocenters. The molecule has 160 valence electrons. The second kappa shape index (κ2) is 10.1. The van der Waals surface area contributed by atoms with E-state index in [2.05, 4.69) is 5.32 Å². The second-order valence-corrected chi connectivity index (χ2v) is 6.77. The Morgan fingerprint density at radius 1 is 1.13 bits per heavy atom. The number of nitrogens with one attached hydrogen (secondary N) is 1. The maximum absolute atomic E-state index is 12.5. The molecule has 2 rings (SSSR count). The Morgan fingerprint density at radius 3 is 2.43 bits per heavy atom. The third-order valence-corrected chi connectivity index (χ3v) is 4.45. The van der Waals surface area contributed by atoms with Crippen molar-refractivity contribution in [1.29, 1.82) is 0 Å². The highest BCUT2D eigenvalue weighted by molar-refractivity contribution is 6.31. The monoisotopic (exact) mass is 435 g/mol. The molecular formula is C21H22ClNO7. The number of hydrogen-bond acceptors (Lipinski definition) is 7. The fourth-order valence-electron chi connectivity index (χ4n) is 2.90. The van der Waals surface area contributed by atoms with Crippen LogP contribution in [0.2, 0.25) is 5.02 Å². The number of amides is 1. The van der Waals surface area contributed by atoms with E-state index in [9.17, 15) is 19.2 Å². The van der Waals surface area contributed by atoms with Gasteiger partial charge in [0.1, 0.15) is 17.1 Å². The van der Waals surface area contributed by atoms with E-state index in [1.54, 1.807) is 19.1 Å². The predicted octanol–water partition coefficient (Wildman–Crippen LogP) is 4.23. The molecule has 1 heterocycles. The summed E-state index contributed by atoms with van der Waals surface area (Å²) < 4.78 is 15.5. The molecule has 0 aliphatic carbocycles. The van der Waals surface area contributed by atoms with Gasteiger partial charge in [0.25, 0.3) is 0 Å². The van der Waals surface area contributed by atoms with E-state index in [1.165, 1.54) is 27.0 Å². The molecule has 1 amide bonds. The number of rotatable bonds is 9. The number of anilines is 1. The minimum absolute atomic E-state index is 0.0449. The lowest BCUT2D eigenvalue weighted by Gasteiger charge is -2.08. The summed E-state index contributed by atoms with van der Waals surface area (Å²) in [5.41, 5.74) is 0.166. The average molecular weight is 436 g/mol. The van der Waals surface area contributed by atoms with Crippen molar-refractivity contribution in [2.75, 3.05) is 19.0 Å². The summed E-state index contributed by atoms with van der Waals surface area (Å²) in [6.07, 6.45) is -0.317. The smallest absolute Gasteiger partial charge is 0.344 e. The van der Waals surface area contributed by atoms with Gasteiger partial charge in [0, 0.05) is 17.9 Å². The number of halogens is 1. The van der Waals surface area contributed by atoms with E-state index in [-0.39, 0.29) is 53.6 Å². The number of Topliss-reactive ketones (excluding diaryl/α,β-unsaturated/α-hetero) is 2. The zero-order valence-corrected chi connectivity index (χ0v) is 17.8. The Labute approximate surface area is 178 Å². The van der Waals surface area contributed by atoms with E-state index in [0.29, 0.717) is 10.8 Å². The minimum Gasteiger partial charge on any atom is -0.496 e. The van der Waals surface area contributed by atoms with Gasteiger partial charge in [0.2, 0.25) is 11.8 Å². The average Bonchev–Trinajstić information content (AvgIpc) is 3.02. The molecule has 30 heavy (non-hydrogen) atoms. The Morgan fingerprint density at radius 2 is 1.83 bits per heavy atom. The summed E-state index contributed by atoms with van der Waals surface area (Å²) in [4.78, 5) is 49.0. The van der Waals surface area contributed by atoms with Gasteiger partial charge in [-0.2, -0.15) is 0 Å². The second-order valence-electron chi connectivity index (χ2n) is 6.33. The van der Waals surface area contributed by atoms with Crippen LogP contribution in [0.15, 0.2) is 22.6 Å². The predicted molar refractivity (Wildman–Crippen MR) is 110 cm³/mol. The molecule has 0 saturated heterocycles. The lowest BCUT2D eigenvalue weighted by atomic mass is 10.0. The van der Waals surface area contributed by atoms with Crippen molar-refractivity contribution in [1.82, 2.24) is 0 Å². The van der Waals surface area contributed by atoms with Crippen LogP contribution in [0.1, 0.15) is 63.5 Å². The fraction of sp³-hybridized carbons (Fsp3) is 0.333. The number of carbonyl (C=O) groups is 4. The van der Waals surface area contributed by atoms with E-state index in [0.717, 1.165) is 0 Å². The summed E-state index contributed by atoms with van der Waals surface area (Å²) in [5.74, 6) is -1.75. The number of esters is 1. The zero-order chi connectivity index (χ0) is 22.4. The van der Waals surface area contributed by atoms with Crippen molar-refractivity contribution < 1.29 is 33.1 Å². The Hall–Kier alpha value is -3.13. The molecule has 0 unspecified atom stereocenters. The lowest BCUT2D eigenvalue weighted by molar-refractivity contribution is -0.116. The summed E-state index contributed by atoms with van der Waals surface area (Å²) in [6, 6.07) is 4.62. The number of methoxy groups -OCH3 is 1. The van der Waals surface area contributed by atoms with E-state index in [1.807, 2.05) is 0 Å². The van der Waals surface area contributed by atoms with Crippen LogP contribution in [0.4, 0.5) is 5.88 Å². The van der Waals surface area contributed by atoms with Crippen molar-refractivity contribution in [2.24, 2.45) is 0 Å². The fourth-order valence-corrected chi connectivity index (χ4v) is 3.08. The van der Waals surface area contributed by atoms with Gasteiger partial charge in [-0.15, -0.1) is 0 Å². The molecule has 0 aliphatic rings. The molecule has 0 spiro atoms. The largest absolute Gasteiger partial charge is 0.496 e. The number of carbonyl (C=O) groups excluding carboxylic acids is 4. The summed E-state index contributed by atoms with van der Waals surface area (Å²) in [7, 11) is 1.43. The first-order valence-corrected chi connectivity index (χ1v) is 9.55. The molecule has 0 bridgehead atoms. The number of ketones is 2. The van der Waals surface area contributed by atoms with Crippen molar-refractivity contribution in [3.8, 4) is 5.75 Å². The Balaban J connectivity index is 2.16. The quantitative estimate of drug-likeness (QED) is 0.463. The number of aryl methyl sites for hydroxylation is 1. The third-order valence-electron chi connectivity index (χ3n) is 4.21. The van der Waals surface area contributed by atoms with Crippen LogP contribution in [0, 0.1) is 6.92 Å². The van der Waals surface area contributed by atoms with Crippen LogP contribution in [-0.4, -0.2) is 37.2 Å². The standard InChI is InChI=1S/C21H22ClNO7/c1-5-29-21(27)19-18(11(2)24)12(3)30-20(19)23-17(26)9-7-15(25)14-10-13(22)6-8-16(14)28-4/h6,8,10H,5,7,9H2,1-4H3,(H,23,26). The van der Waals surface area contributed by atoms with Gasteiger partial charge in [-0.05, 0) is 39.0 Å².